The van der Waals surface area contributed by atoms with Gasteiger partial charge in [0.05, 0.1) is 18.8 Å². The summed E-state index contributed by atoms with van der Waals surface area (Å²) in [5, 5.41) is 8.48. The molecule has 0 spiro atoms. The monoisotopic (exact) mass is 196 g/mol. The lowest BCUT2D eigenvalue weighted by Gasteiger charge is -2.38. The third-order valence-corrected chi connectivity index (χ3v) is 2.79. The van der Waals surface area contributed by atoms with E-state index in [-0.39, 0.29) is 0 Å². The fraction of sp³-hybridized carbons (Fsp3) is 0.909. The normalized spacial score (nSPS) is 28.6. The van der Waals surface area contributed by atoms with Crippen molar-refractivity contribution >= 4 is 0 Å². The summed E-state index contributed by atoms with van der Waals surface area (Å²) < 4.78 is 5.61. The van der Waals surface area contributed by atoms with Crippen molar-refractivity contribution in [3.63, 3.8) is 0 Å². The van der Waals surface area contributed by atoms with E-state index in [0.29, 0.717) is 18.6 Å². The minimum Gasteiger partial charge on any atom is -0.376 e. The Morgan fingerprint density at radius 1 is 1.57 bits per heavy atom. The van der Waals surface area contributed by atoms with Crippen LogP contribution in [0.25, 0.3) is 0 Å². The number of hydrogen-bond acceptors (Lipinski definition) is 3. The van der Waals surface area contributed by atoms with Crippen LogP contribution in [0.1, 0.15) is 33.1 Å². The third kappa shape index (κ3) is 3.28. The first kappa shape index (κ1) is 11.5. The van der Waals surface area contributed by atoms with Gasteiger partial charge in [-0.05, 0) is 26.3 Å². The minimum absolute atomic E-state index is 0.347. The van der Waals surface area contributed by atoms with Crippen LogP contribution in [0.15, 0.2) is 0 Å². The van der Waals surface area contributed by atoms with Crippen molar-refractivity contribution in [2.75, 3.05) is 19.7 Å². The molecule has 1 aliphatic rings. The van der Waals surface area contributed by atoms with E-state index in [1.165, 1.54) is 0 Å². The van der Waals surface area contributed by atoms with Gasteiger partial charge in [-0.3, -0.25) is 4.90 Å². The summed E-state index contributed by atoms with van der Waals surface area (Å²) in [6.45, 7) is 7.22. The van der Waals surface area contributed by atoms with Crippen LogP contribution in [0.2, 0.25) is 0 Å². The molecule has 1 fully saturated rings. The Labute approximate surface area is 86.6 Å². The maximum Gasteiger partial charge on any atom is 0.0674 e. The molecule has 1 heterocycles. The second-order valence-electron chi connectivity index (χ2n) is 3.96. The molecule has 0 N–H and O–H groups in total. The van der Waals surface area contributed by atoms with Crippen LogP contribution in [0.4, 0.5) is 0 Å². The van der Waals surface area contributed by atoms with Crippen LogP contribution in [0.5, 0.6) is 0 Å². The van der Waals surface area contributed by atoms with Crippen molar-refractivity contribution in [2.45, 2.75) is 45.3 Å². The summed E-state index contributed by atoms with van der Waals surface area (Å²) in [5.74, 6) is 0. The average molecular weight is 196 g/mol. The number of nitriles is 1. The van der Waals surface area contributed by atoms with Crippen molar-refractivity contribution < 1.29 is 4.74 Å². The largest absolute Gasteiger partial charge is 0.376 e. The third-order valence-electron chi connectivity index (χ3n) is 2.79. The van der Waals surface area contributed by atoms with Gasteiger partial charge >= 0.3 is 0 Å². The Bertz CT molecular complexity index is 200. The molecule has 2 unspecified atom stereocenters. The maximum atomic E-state index is 8.48. The van der Waals surface area contributed by atoms with Crippen molar-refractivity contribution in [2.24, 2.45) is 0 Å². The van der Waals surface area contributed by atoms with E-state index in [1.807, 2.05) is 0 Å². The summed E-state index contributed by atoms with van der Waals surface area (Å²) >= 11 is 0. The molecule has 0 aliphatic carbocycles. The molecular formula is C11H20N2O. The van der Waals surface area contributed by atoms with Crippen LogP contribution >= 0.6 is 0 Å². The highest BCUT2D eigenvalue weighted by atomic mass is 16.5. The number of ether oxygens (including phenoxy) is 1. The summed E-state index contributed by atoms with van der Waals surface area (Å²) in [7, 11) is 0. The molecule has 0 amide bonds. The number of morpholine rings is 1. The SMILES string of the molecule is CCC1COC(C)CN1CCCC#N. The van der Waals surface area contributed by atoms with Gasteiger partial charge in [-0.15, -0.1) is 0 Å². The molecule has 80 valence electrons. The van der Waals surface area contributed by atoms with E-state index in [4.69, 9.17) is 10.00 Å². The highest BCUT2D eigenvalue weighted by Gasteiger charge is 2.24. The molecule has 0 radical (unpaired) electrons. The topological polar surface area (TPSA) is 36.3 Å². The number of unbranched alkanes of at least 4 members (excludes halogenated alkanes) is 1. The molecule has 0 aromatic heterocycles. The van der Waals surface area contributed by atoms with Gasteiger partial charge in [-0.25, -0.2) is 0 Å². The molecule has 1 rings (SSSR count). The van der Waals surface area contributed by atoms with Crippen LogP contribution in [0.3, 0.4) is 0 Å². The van der Waals surface area contributed by atoms with E-state index < -0.39 is 0 Å². The molecule has 1 aliphatic heterocycles. The zero-order valence-corrected chi connectivity index (χ0v) is 9.20. The van der Waals surface area contributed by atoms with Gasteiger partial charge in [-0.1, -0.05) is 6.92 Å². The zero-order valence-electron chi connectivity index (χ0n) is 9.20. The van der Waals surface area contributed by atoms with Crippen LogP contribution in [-0.2, 0) is 4.74 Å². The van der Waals surface area contributed by atoms with Crippen LogP contribution in [-0.4, -0.2) is 36.7 Å². The maximum absolute atomic E-state index is 8.48. The fourth-order valence-corrected chi connectivity index (χ4v) is 1.92. The number of rotatable bonds is 4. The predicted octanol–water partition coefficient (Wildman–Crippen LogP) is 1.79. The molecule has 3 nitrogen and oxygen atoms in total. The van der Waals surface area contributed by atoms with Crippen LogP contribution in [0, 0.1) is 11.3 Å². The predicted molar refractivity (Wildman–Crippen MR) is 55.9 cm³/mol. The first-order valence-corrected chi connectivity index (χ1v) is 5.50. The lowest BCUT2D eigenvalue weighted by molar-refractivity contribution is -0.0558. The van der Waals surface area contributed by atoms with E-state index in [2.05, 4.69) is 24.8 Å². The van der Waals surface area contributed by atoms with E-state index in [0.717, 1.165) is 32.5 Å². The molecule has 0 bridgehead atoms. The quantitative estimate of drug-likeness (QED) is 0.643. The smallest absolute Gasteiger partial charge is 0.0674 e. The minimum atomic E-state index is 0.347. The van der Waals surface area contributed by atoms with Gasteiger partial charge in [-0.2, -0.15) is 5.26 Å². The van der Waals surface area contributed by atoms with E-state index in [9.17, 15) is 0 Å². The zero-order chi connectivity index (χ0) is 10.4. The van der Waals surface area contributed by atoms with Crippen molar-refractivity contribution in [3.8, 4) is 6.07 Å². The van der Waals surface area contributed by atoms with Gasteiger partial charge in [0, 0.05) is 19.0 Å². The van der Waals surface area contributed by atoms with Gasteiger partial charge < -0.3 is 4.74 Å². The highest BCUT2D eigenvalue weighted by Crippen LogP contribution is 2.14. The lowest BCUT2D eigenvalue weighted by atomic mass is 10.1. The highest BCUT2D eigenvalue weighted by molar-refractivity contribution is 4.79. The molecule has 0 aromatic rings. The number of nitrogens with zero attached hydrogens (tertiary/aromatic N) is 2. The van der Waals surface area contributed by atoms with Gasteiger partial charge in [0.15, 0.2) is 0 Å². The molecule has 0 aromatic carbocycles. The van der Waals surface area contributed by atoms with Gasteiger partial charge in [0.25, 0.3) is 0 Å². The lowest BCUT2D eigenvalue weighted by Crippen LogP contribution is -2.48. The Kier molecular flexibility index (Phi) is 4.92. The molecule has 1 saturated heterocycles. The summed E-state index contributed by atoms with van der Waals surface area (Å²) in [6.07, 6.45) is 3.14. The summed E-state index contributed by atoms with van der Waals surface area (Å²) in [5.41, 5.74) is 0. The second-order valence-corrected chi connectivity index (χ2v) is 3.96. The standard InChI is InChI=1S/C11H20N2O/c1-3-11-9-14-10(2)8-13(11)7-5-4-6-12/h10-11H,3-5,7-9H2,1-2H3. The molecule has 0 saturated carbocycles. The van der Waals surface area contributed by atoms with Gasteiger partial charge in [0.1, 0.15) is 0 Å². The summed E-state index contributed by atoms with van der Waals surface area (Å²) in [6, 6.07) is 2.75. The molecule has 2 atom stereocenters. The first-order valence-electron chi connectivity index (χ1n) is 5.50. The van der Waals surface area contributed by atoms with Crippen LogP contribution < -0.4 is 0 Å². The number of hydrogen-bond donors (Lipinski definition) is 0. The Balaban J connectivity index is 2.33. The van der Waals surface area contributed by atoms with Crippen molar-refractivity contribution in [1.29, 1.82) is 5.26 Å². The van der Waals surface area contributed by atoms with Crippen molar-refractivity contribution in [1.82, 2.24) is 4.90 Å². The summed E-state index contributed by atoms with van der Waals surface area (Å²) in [4.78, 5) is 2.46. The average Bonchev–Trinajstić information content (AvgIpc) is 2.19. The van der Waals surface area contributed by atoms with Gasteiger partial charge in [0.2, 0.25) is 0 Å². The van der Waals surface area contributed by atoms with E-state index in [1.54, 1.807) is 0 Å². The molecular weight excluding hydrogens is 176 g/mol. The Hall–Kier alpha value is -0.590. The Morgan fingerprint density at radius 3 is 3.00 bits per heavy atom. The first-order chi connectivity index (χ1) is 6.77. The van der Waals surface area contributed by atoms with E-state index >= 15 is 0 Å². The fourth-order valence-electron chi connectivity index (χ4n) is 1.92. The molecule has 3 heteroatoms. The van der Waals surface area contributed by atoms with Crippen molar-refractivity contribution in [3.05, 3.63) is 0 Å². The second kappa shape index (κ2) is 6.00. The Morgan fingerprint density at radius 2 is 2.36 bits per heavy atom. The molecule has 14 heavy (non-hydrogen) atoms.